The molecule has 6 heteroatoms. The maximum absolute atomic E-state index is 12.7. The Balaban J connectivity index is 1.61. The Labute approximate surface area is 141 Å². The number of benzene rings is 1. The molecule has 1 fully saturated rings. The zero-order chi connectivity index (χ0) is 16.9. The van der Waals surface area contributed by atoms with Gasteiger partial charge < -0.3 is 15.4 Å². The zero-order valence-electron chi connectivity index (χ0n) is 13.8. The van der Waals surface area contributed by atoms with E-state index in [1.165, 1.54) is 0 Å². The van der Waals surface area contributed by atoms with Crippen LogP contribution in [0.25, 0.3) is 0 Å². The molecule has 6 nitrogen and oxygen atoms in total. The minimum absolute atomic E-state index is 0.00987. The number of nitrogens with two attached hydrogens (primary N) is 1. The quantitative estimate of drug-likeness (QED) is 0.865. The molecule has 0 atom stereocenters. The summed E-state index contributed by atoms with van der Waals surface area (Å²) in [4.78, 5) is 21.3. The number of nitrogens with zero attached hydrogens (tertiary/aromatic N) is 3. The highest BCUT2D eigenvalue weighted by atomic mass is 16.5. The number of ether oxygens (including phenoxy) is 1. The van der Waals surface area contributed by atoms with E-state index in [0.29, 0.717) is 30.1 Å². The van der Waals surface area contributed by atoms with Crippen molar-refractivity contribution in [1.29, 1.82) is 0 Å². The van der Waals surface area contributed by atoms with Crippen molar-refractivity contribution >= 4 is 11.6 Å². The fraction of sp³-hybridized carbons (Fsp3) is 0.333. The summed E-state index contributed by atoms with van der Waals surface area (Å²) >= 11 is 0. The lowest BCUT2D eigenvalue weighted by molar-refractivity contribution is 0.0624. The lowest BCUT2D eigenvalue weighted by Gasteiger charge is -2.34. The number of methoxy groups -OCH3 is 1. The summed E-state index contributed by atoms with van der Waals surface area (Å²) in [5, 5.41) is 0. The second kappa shape index (κ2) is 7.31. The Morgan fingerprint density at radius 1 is 1.21 bits per heavy atom. The number of piperazine rings is 1. The van der Waals surface area contributed by atoms with E-state index in [-0.39, 0.29) is 5.91 Å². The molecular weight excluding hydrogens is 304 g/mol. The normalized spacial score (nSPS) is 15.3. The van der Waals surface area contributed by atoms with E-state index in [1.54, 1.807) is 25.3 Å². The molecule has 2 N–H and O–H groups in total. The number of rotatable bonds is 4. The molecular formula is C18H22N4O2. The molecule has 24 heavy (non-hydrogen) atoms. The lowest BCUT2D eigenvalue weighted by Crippen LogP contribution is -2.48. The Morgan fingerprint density at radius 2 is 2.00 bits per heavy atom. The van der Waals surface area contributed by atoms with Crippen LogP contribution in [0.15, 0.2) is 42.6 Å². The fourth-order valence-corrected chi connectivity index (χ4v) is 2.88. The van der Waals surface area contributed by atoms with Crippen LogP contribution in [0.2, 0.25) is 0 Å². The van der Waals surface area contributed by atoms with Crippen molar-refractivity contribution in [1.82, 2.24) is 14.8 Å². The van der Waals surface area contributed by atoms with E-state index in [1.807, 2.05) is 29.3 Å². The van der Waals surface area contributed by atoms with Gasteiger partial charge in [-0.3, -0.25) is 14.7 Å². The van der Waals surface area contributed by atoms with E-state index in [2.05, 4.69) is 9.88 Å². The van der Waals surface area contributed by atoms with Crippen LogP contribution in [-0.4, -0.2) is 54.0 Å². The predicted octanol–water partition coefficient (Wildman–Crippen LogP) is 1.63. The van der Waals surface area contributed by atoms with Gasteiger partial charge in [-0.05, 0) is 24.3 Å². The molecule has 1 aromatic heterocycles. The Bertz CT molecular complexity index is 697. The average Bonchev–Trinajstić information content (AvgIpc) is 2.62. The highest BCUT2D eigenvalue weighted by Crippen LogP contribution is 2.23. The van der Waals surface area contributed by atoms with Gasteiger partial charge in [0.05, 0.1) is 18.4 Å². The van der Waals surface area contributed by atoms with Crippen LogP contribution in [0.1, 0.15) is 16.1 Å². The van der Waals surface area contributed by atoms with E-state index in [0.717, 1.165) is 25.3 Å². The molecule has 0 saturated carbocycles. The number of carbonyl (C=O) groups excluding carboxylic acids is 1. The maximum Gasteiger partial charge on any atom is 0.257 e. The van der Waals surface area contributed by atoms with Crippen molar-refractivity contribution in [2.24, 2.45) is 0 Å². The number of carbonyl (C=O) groups is 1. The zero-order valence-corrected chi connectivity index (χ0v) is 13.8. The van der Waals surface area contributed by atoms with Gasteiger partial charge in [-0.1, -0.05) is 6.07 Å². The predicted molar refractivity (Wildman–Crippen MR) is 92.8 cm³/mol. The van der Waals surface area contributed by atoms with E-state index < -0.39 is 0 Å². The van der Waals surface area contributed by atoms with Gasteiger partial charge in [-0.15, -0.1) is 0 Å². The molecule has 0 radical (unpaired) electrons. The highest BCUT2D eigenvalue weighted by molar-refractivity contribution is 5.97. The molecule has 2 aromatic rings. The van der Waals surface area contributed by atoms with Crippen molar-refractivity contribution in [2.75, 3.05) is 39.0 Å². The first-order chi connectivity index (χ1) is 11.7. The van der Waals surface area contributed by atoms with Gasteiger partial charge in [0.25, 0.3) is 5.91 Å². The molecule has 1 aromatic carbocycles. The van der Waals surface area contributed by atoms with Gasteiger partial charge in [-0.25, -0.2) is 0 Å². The van der Waals surface area contributed by atoms with Crippen LogP contribution >= 0.6 is 0 Å². The second-order valence-electron chi connectivity index (χ2n) is 5.85. The monoisotopic (exact) mass is 326 g/mol. The Kier molecular flexibility index (Phi) is 4.96. The molecule has 0 aliphatic carbocycles. The SMILES string of the molecule is COc1cc(N)ccc1C(=O)N1CCN(Cc2ccccn2)CC1. The first-order valence-electron chi connectivity index (χ1n) is 8.02. The first-order valence-corrected chi connectivity index (χ1v) is 8.02. The van der Waals surface area contributed by atoms with E-state index in [4.69, 9.17) is 10.5 Å². The summed E-state index contributed by atoms with van der Waals surface area (Å²) in [7, 11) is 1.55. The van der Waals surface area contributed by atoms with Crippen molar-refractivity contribution in [3.05, 3.63) is 53.9 Å². The van der Waals surface area contributed by atoms with Crippen LogP contribution in [0.4, 0.5) is 5.69 Å². The van der Waals surface area contributed by atoms with Crippen LogP contribution in [-0.2, 0) is 6.54 Å². The van der Waals surface area contributed by atoms with Crippen molar-refractivity contribution in [3.63, 3.8) is 0 Å². The molecule has 126 valence electrons. The van der Waals surface area contributed by atoms with Gasteiger partial charge in [0.1, 0.15) is 5.75 Å². The number of pyridine rings is 1. The second-order valence-corrected chi connectivity index (χ2v) is 5.85. The Hall–Kier alpha value is -2.60. The maximum atomic E-state index is 12.7. The molecule has 1 amide bonds. The van der Waals surface area contributed by atoms with Crippen molar-refractivity contribution < 1.29 is 9.53 Å². The minimum Gasteiger partial charge on any atom is -0.496 e. The molecule has 0 spiro atoms. The van der Waals surface area contributed by atoms with Crippen LogP contribution < -0.4 is 10.5 Å². The lowest BCUT2D eigenvalue weighted by atomic mass is 10.1. The third-order valence-electron chi connectivity index (χ3n) is 4.23. The summed E-state index contributed by atoms with van der Waals surface area (Å²) in [5.41, 5.74) is 7.96. The molecule has 2 heterocycles. The largest absolute Gasteiger partial charge is 0.496 e. The smallest absolute Gasteiger partial charge is 0.257 e. The molecule has 3 rings (SSSR count). The molecule has 0 bridgehead atoms. The third-order valence-corrected chi connectivity index (χ3v) is 4.23. The minimum atomic E-state index is -0.00987. The van der Waals surface area contributed by atoms with Crippen LogP contribution in [0, 0.1) is 0 Å². The highest BCUT2D eigenvalue weighted by Gasteiger charge is 2.24. The van der Waals surface area contributed by atoms with Gasteiger partial charge in [-0.2, -0.15) is 0 Å². The van der Waals surface area contributed by atoms with Gasteiger partial charge >= 0.3 is 0 Å². The van der Waals surface area contributed by atoms with Crippen LogP contribution in [0.5, 0.6) is 5.75 Å². The van der Waals surface area contributed by atoms with Gasteiger partial charge in [0, 0.05) is 50.7 Å². The summed E-state index contributed by atoms with van der Waals surface area (Å²) in [6, 6.07) is 11.1. The number of hydrogen-bond donors (Lipinski definition) is 1. The number of amides is 1. The van der Waals surface area contributed by atoms with E-state index in [9.17, 15) is 4.79 Å². The molecule has 1 saturated heterocycles. The summed E-state index contributed by atoms with van der Waals surface area (Å²) < 4.78 is 5.29. The van der Waals surface area contributed by atoms with Gasteiger partial charge in [0.2, 0.25) is 0 Å². The van der Waals surface area contributed by atoms with Crippen LogP contribution in [0.3, 0.4) is 0 Å². The Morgan fingerprint density at radius 3 is 2.67 bits per heavy atom. The fourth-order valence-electron chi connectivity index (χ4n) is 2.88. The number of aromatic nitrogens is 1. The standard InChI is InChI=1S/C18H22N4O2/c1-24-17-12-14(19)5-6-16(17)18(23)22-10-8-21(9-11-22)13-15-4-2-3-7-20-15/h2-7,12H,8-11,13,19H2,1H3. The van der Waals surface area contributed by atoms with Crippen molar-refractivity contribution in [3.8, 4) is 5.75 Å². The average molecular weight is 326 g/mol. The molecule has 0 unspecified atom stereocenters. The first kappa shape index (κ1) is 16.3. The topological polar surface area (TPSA) is 71.7 Å². The summed E-state index contributed by atoms with van der Waals surface area (Å²) in [5.74, 6) is 0.514. The summed E-state index contributed by atoms with van der Waals surface area (Å²) in [6.45, 7) is 3.87. The van der Waals surface area contributed by atoms with E-state index >= 15 is 0 Å². The van der Waals surface area contributed by atoms with Gasteiger partial charge in [0.15, 0.2) is 0 Å². The molecule has 1 aliphatic rings. The number of hydrogen-bond acceptors (Lipinski definition) is 5. The third kappa shape index (κ3) is 3.65. The number of nitrogen functional groups attached to an aromatic ring is 1. The molecule has 1 aliphatic heterocycles. The summed E-state index contributed by atoms with van der Waals surface area (Å²) in [6.07, 6.45) is 1.81. The number of anilines is 1. The van der Waals surface area contributed by atoms with Crippen molar-refractivity contribution in [2.45, 2.75) is 6.54 Å².